The third-order valence-electron chi connectivity index (χ3n) is 6.80. The molecule has 2 aliphatic rings. The number of carbonyl (C=O) groups is 1. The van der Waals surface area contributed by atoms with E-state index in [4.69, 9.17) is 21.6 Å². The van der Waals surface area contributed by atoms with Gasteiger partial charge in [0.05, 0.1) is 18.9 Å². The second kappa shape index (κ2) is 18.1. The predicted octanol–water partition coefficient (Wildman–Crippen LogP) is 3.20. The molecule has 0 saturated carbocycles. The molecule has 11 heteroatoms. The van der Waals surface area contributed by atoms with Gasteiger partial charge in [0.15, 0.2) is 5.13 Å². The number of thiazole rings is 1. The minimum Gasteiger partial charge on any atom is -0.389 e. The Hall–Kier alpha value is -2.31. The van der Waals surface area contributed by atoms with Crippen LogP contribution in [0, 0.1) is 17.2 Å². The van der Waals surface area contributed by atoms with Gasteiger partial charge in [0.2, 0.25) is 5.91 Å². The van der Waals surface area contributed by atoms with E-state index in [2.05, 4.69) is 26.2 Å². The molecule has 3 rings (SSSR count). The number of aromatic nitrogens is 1. The molecular weight excluding hydrogens is 512 g/mol. The monoisotopic (exact) mass is 562 g/mol. The van der Waals surface area contributed by atoms with Gasteiger partial charge in [-0.1, -0.05) is 30.4 Å². The number of piperidine rings is 1. The van der Waals surface area contributed by atoms with Crippen LogP contribution < -0.4 is 16.8 Å². The van der Waals surface area contributed by atoms with E-state index < -0.39 is 0 Å². The number of amides is 1. The molecule has 39 heavy (non-hydrogen) atoms. The number of anilines is 2. The number of morpholine rings is 1. The fourth-order valence-electron chi connectivity index (χ4n) is 4.52. The lowest BCUT2D eigenvalue weighted by Crippen LogP contribution is -2.47. The molecule has 2 fully saturated rings. The zero-order valence-corrected chi connectivity index (χ0v) is 25.1. The van der Waals surface area contributed by atoms with E-state index in [-0.39, 0.29) is 17.9 Å². The van der Waals surface area contributed by atoms with Crippen molar-refractivity contribution in [3.05, 3.63) is 24.0 Å². The van der Waals surface area contributed by atoms with E-state index >= 15 is 0 Å². The summed E-state index contributed by atoms with van der Waals surface area (Å²) in [6.07, 6.45) is 13.1. The number of rotatable bonds is 12. The van der Waals surface area contributed by atoms with E-state index in [1.807, 2.05) is 51.2 Å². The van der Waals surface area contributed by atoms with Crippen LogP contribution in [-0.4, -0.2) is 104 Å². The Bertz CT molecular complexity index is 913. The SMILES string of the molecule is C/C=C\c1nc(N/C=C/C(CC=N)CN2CCOCC2)sc1N.CC(CCN(C)C)C(=O)N1CCCC(N)C1. The summed E-state index contributed by atoms with van der Waals surface area (Å²) in [6.45, 7) is 11.0. The summed E-state index contributed by atoms with van der Waals surface area (Å²) in [5, 5.41) is 12.1. The third-order valence-corrected chi connectivity index (χ3v) is 7.63. The zero-order valence-electron chi connectivity index (χ0n) is 24.3. The maximum absolute atomic E-state index is 12.1. The molecule has 6 N–H and O–H groups in total. The molecule has 3 atom stereocenters. The Balaban J connectivity index is 0.000000293. The second-order valence-corrected chi connectivity index (χ2v) is 11.6. The number of likely N-dealkylation sites (tertiary alicyclic amines) is 1. The zero-order chi connectivity index (χ0) is 28.6. The molecule has 1 aromatic heterocycles. The van der Waals surface area contributed by atoms with Crippen LogP contribution in [0.4, 0.5) is 10.1 Å². The Morgan fingerprint density at radius 2 is 2.08 bits per heavy atom. The Morgan fingerprint density at radius 1 is 1.33 bits per heavy atom. The highest BCUT2D eigenvalue weighted by Crippen LogP contribution is 2.26. The highest BCUT2D eigenvalue weighted by molar-refractivity contribution is 7.19. The Kier molecular flexibility index (Phi) is 15.3. The second-order valence-electron chi connectivity index (χ2n) is 10.6. The first-order valence-corrected chi connectivity index (χ1v) is 14.8. The summed E-state index contributed by atoms with van der Waals surface area (Å²) in [7, 11) is 4.07. The van der Waals surface area contributed by atoms with Crippen LogP contribution in [0.15, 0.2) is 18.4 Å². The van der Waals surface area contributed by atoms with Gasteiger partial charge in [-0.3, -0.25) is 9.69 Å². The average molecular weight is 563 g/mol. The van der Waals surface area contributed by atoms with Gasteiger partial charge in [0.1, 0.15) is 5.00 Å². The summed E-state index contributed by atoms with van der Waals surface area (Å²) in [5.41, 5.74) is 12.6. The molecule has 0 aromatic carbocycles. The molecule has 1 amide bonds. The number of nitrogen functional groups attached to an aromatic ring is 1. The molecule has 2 saturated heterocycles. The van der Waals surface area contributed by atoms with Crippen LogP contribution in [0.1, 0.15) is 45.2 Å². The van der Waals surface area contributed by atoms with Crippen LogP contribution in [0.25, 0.3) is 6.08 Å². The number of ether oxygens (including phenoxy) is 1. The van der Waals surface area contributed by atoms with Crippen molar-refractivity contribution < 1.29 is 9.53 Å². The predicted molar refractivity (Wildman–Crippen MR) is 164 cm³/mol. The van der Waals surface area contributed by atoms with Crippen molar-refractivity contribution in [2.24, 2.45) is 17.6 Å². The van der Waals surface area contributed by atoms with Crippen LogP contribution >= 0.6 is 11.3 Å². The molecule has 10 nitrogen and oxygen atoms in total. The number of hydrogen-bond acceptors (Lipinski definition) is 10. The van der Waals surface area contributed by atoms with Gasteiger partial charge in [0, 0.05) is 44.7 Å². The van der Waals surface area contributed by atoms with Crippen molar-refractivity contribution in [1.82, 2.24) is 19.7 Å². The minimum atomic E-state index is 0.118. The number of nitrogens with zero attached hydrogens (tertiary/aromatic N) is 4. The highest BCUT2D eigenvalue weighted by Gasteiger charge is 2.24. The number of hydrogen-bond donors (Lipinski definition) is 4. The van der Waals surface area contributed by atoms with Crippen molar-refractivity contribution in [2.75, 3.05) is 77.6 Å². The van der Waals surface area contributed by atoms with E-state index in [1.165, 1.54) is 17.6 Å². The molecule has 0 bridgehead atoms. The van der Waals surface area contributed by atoms with Crippen LogP contribution in [-0.2, 0) is 9.53 Å². The van der Waals surface area contributed by atoms with Gasteiger partial charge in [-0.2, -0.15) is 0 Å². The normalized spacial score (nSPS) is 20.2. The lowest BCUT2D eigenvalue weighted by atomic mass is 10.0. The summed E-state index contributed by atoms with van der Waals surface area (Å²) in [4.78, 5) is 23.0. The molecule has 1 aromatic rings. The summed E-state index contributed by atoms with van der Waals surface area (Å²) >= 11 is 1.44. The van der Waals surface area contributed by atoms with E-state index in [1.54, 1.807) is 0 Å². The standard InChI is InChI=1S/C16H25N5OS.C12H25N3O/c1-2-3-14-15(18)23-16(20-14)19-7-5-13(4-6-17)12-21-8-10-22-11-9-21;1-10(6-8-14(2)3)12(16)15-7-4-5-11(13)9-15/h2-3,5-7,13,17H,4,8-12,18H2,1H3,(H,19,20);10-11H,4-9,13H2,1-3H3/b3-2-,7-5+,17-6?;. The molecule has 3 heterocycles. The van der Waals surface area contributed by atoms with E-state index in [0.29, 0.717) is 10.9 Å². The van der Waals surface area contributed by atoms with Crippen molar-refractivity contribution in [3.8, 4) is 0 Å². The topological polar surface area (TPSA) is 137 Å². The van der Waals surface area contributed by atoms with Gasteiger partial charge < -0.3 is 36.7 Å². The van der Waals surface area contributed by atoms with Crippen LogP contribution in [0.5, 0.6) is 0 Å². The third kappa shape index (κ3) is 12.6. The average Bonchev–Trinajstić information content (AvgIpc) is 3.26. The Labute approximate surface area is 238 Å². The number of nitrogens with one attached hydrogen (secondary N) is 2. The largest absolute Gasteiger partial charge is 0.389 e. The van der Waals surface area contributed by atoms with Gasteiger partial charge in [-0.15, -0.1) is 0 Å². The molecular formula is C28H50N8O2S. The molecule has 2 aliphatic heterocycles. The molecule has 0 radical (unpaired) electrons. The minimum absolute atomic E-state index is 0.118. The smallest absolute Gasteiger partial charge is 0.225 e. The highest BCUT2D eigenvalue weighted by atomic mass is 32.1. The molecule has 0 aliphatic carbocycles. The fraction of sp³-hybridized carbons (Fsp3) is 0.679. The lowest BCUT2D eigenvalue weighted by molar-refractivity contribution is -0.136. The molecule has 0 spiro atoms. The van der Waals surface area contributed by atoms with Crippen LogP contribution in [0.2, 0.25) is 0 Å². The summed E-state index contributed by atoms with van der Waals surface area (Å²) < 4.78 is 5.37. The van der Waals surface area contributed by atoms with Crippen molar-refractivity contribution >= 4 is 39.7 Å². The first-order valence-electron chi connectivity index (χ1n) is 14.0. The summed E-state index contributed by atoms with van der Waals surface area (Å²) in [6, 6.07) is 0.179. The fourth-order valence-corrected chi connectivity index (χ4v) is 5.21. The number of nitrogens with two attached hydrogens (primary N) is 2. The van der Waals surface area contributed by atoms with Crippen molar-refractivity contribution in [3.63, 3.8) is 0 Å². The summed E-state index contributed by atoms with van der Waals surface area (Å²) in [5.74, 6) is 0.704. The van der Waals surface area contributed by atoms with Gasteiger partial charge in [-0.05, 0) is 77.7 Å². The number of carbonyl (C=O) groups excluding carboxylic acids is 1. The van der Waals surface area contributed by atoms with Crippen LogP contribution in [0.3, 0.4) is 0 Å². The maximum Gasteiger partial charge on any atom is 0.225 e. The Morgan fingerprint density at radius 3 is 2.72 bits per heavy atom. The van der Waals surface area contributed by atoms with Crippen molar-refractivity contribution in [2.45, 2.75) is 45.6 Å². The lowest BCUT2D eigenvalue weighted by Gasteiger charge is -2.32. The van der Waals surface area contributed by atoms with Gasteiger partial charge in [0.25, 0.3) is 0 Å². The van der Waals surface area contributed by atoms with E-state index in [9.17, 15) is 4.79 Å². The maximum atomic E-state index is 12.1. The molecule has 3 unspecified atom stereocenters. The first kappa shape index (κ1) is 32.9. The van der Waals surface area contributed by atoms with Gasteiger partial charge >= 0.3 is 0 Å². The van der Waals surface area contributed by atoms with Crippen molar-refractivity contribution in [1.29, 1.82) is 5.41 Å². The number of allylic oxidation sites excluding steroid dienone is 1. The van der Waals surface area contributed by atoms with E-state index in [0.717, 1.165) is 89.0 Å². The van der Waals surface area contributed by atoms with Gasteiger partial charge in [-0.25, -0.2) is 4.98 Å². The quantitative estimate of drug-likeness (QED) is 0.285. The first-order chi connectivity index (χ1) is 18.7. The molecule has 220 valence electrons.